The highest BCUT2D eigenvalue weighted by atomic mass is 35.5. The van der Waals surface area contributed by atoms with Crippen molar-refractivity contribution in [3.05, 3.63) is 94.9 Å². The van der Waals surface area contributed by atoms with Crippen molar-refractivity contribution in [2.75, 3.05) is 17.7 Å². The molecule has 0 fully saturated rings. The van der Waals surface area contributed by atoms with Gasteiger partial charge in [0.25, 0.3) is 5.91 Å². The molecule has 1 unspecified atom stereocenters. The van der Waals surface area contributed by atoms with Gasteiger partial charge in [0.1, 0.15) is 11.8 Å². The standard InChI is InChI=1S/C25H21ClN6O2/c1-15-21(24(33)29-19-4-3-13-27-14-19)22(16-7-11-20(34-2)12-8-16)32-25(28-15)30-23(31-32)17-5-9-18(26)10-6-17/h3-14,22H,1-2H3,(H,29,33)(H,28,30,31). The Morgan fingerprint density at radius 2 is 1.88 bits per heavy atom. The van der Waals surface area contributed by atoms with Gasteiger partial charge in [0.2, 0.25) is 5.95 Å². The van der Waals surface area contributed by atoms with Crippen molar-refractivity contribution >= 4 is 29.1 Å². The minimum Gasteiger partial charge on any atom is -0.497 e. The van der Waals surface area contributed by atoms with Gasteiger partial charge in [0, 0.05) is 22.5 Å². The fourth-order valence-electron chi connectivity index (χ4n) is 3.90. The van der Waals surface area contributed by atoms with Crippen LogP contribution in [0.25, 0.3) is 11.4 Å². The van der Waals surface area contributed by atoms with Crippen LogP contribution in [0.1, 0.15) is 18.5 Å². The summed E-state index contributed by atoms with van der Waals surface area (Å²) in [4.78, 5) is 22.2. The average Bonchev–Trinajstić information content (AvgIpc) is 3.27. The third-order valence-electron chi connectivity index (χ3n) is 5.55. The number of amides is 1. The Morgan fingerprint density at radius 3 is 2.56 bits per heavy atom. The van der Waals surface area contributed by atoms with Gasteiger partial charge in [-0.2, -0.15) is 4.98 Å². The maximum Gasteiger partial charge on any atom is 0.255 e. The molecule has 9 heteroatoms. The number of carbonyl (C=O) groups excluding carboxylic acids is 1. The molecule has 0 radical (unpaired) electrons. The number of nitrogens with zero attached hydrogens (tertiary/aromatic N) is 4. The summed E-state index contributed by atoms with van der Waals surface area (Å²) in [5.74, 6) is 1.54. The molecule has 0 saturated carbocycles. The van der Waals surface area contributed by atoms with Crippen molar-refractivity contribution in [2.45, 2.75) is 13.0 Å². The summed E-state index contributed by atoms with van der Waals surface area (Å²) in [7, 11) is 1.62. The van der Waals surface area contributed by atoms with E-state index >= 15 is 0 Å². The fourth-order valence-corrected chi connectivity index (χ4v) is 4.02. The molecule has 34 heavy (non-hydrogen) atoms. The van der Waals surface area contributed by atoms with Crippen LogP contribution in [0.5, 0.6) is 5.75 Å². The number of allylic oxidation sites excluding steroid dienone is 1. The van der Waals surface area contributed by atoms with Crippen molar-refractivity contribution in [1.29, 1.82) is 0 Å². The normalized spacial score (nSPS) is 14.9. The third kappa shape index (κ3) is 4.11. The molecule has 3 heterocycles. The summed E-state index contributed by atoms with van der Waals surface area (Å²) in [6, 6.07) is 17.9. The SMILES string of the molecule is COc1ccc(C2C(C(=O)Nc3cccnc3)=C(C)Nc3nc(-c4ccc(Cl)cc4)nn32)cc1. The molecular formula is C25H21ClN6O2. The first-order valence-electron chi connectivity index (χ1n) is 10.6. The van der Waals surface area contributed by atoms with Crippen LogP contribution in [0.15, 0.2) is 84.3 Å². The van der Waals surface area contributed by atoms with Crippen LogP contribution < -0.4 is 15.4 Å². The van der Waals surface area contributed by atoms with Crippen LogP contribution in [0.4, 0.5) is 11.6 Å². The zero-order valence-corrected chi connectivity index (χ0v) is 19.2. The van der Waals surface area contributed by atoms with Crippen LogP contribution >= 0.6 is 11.6 Å². The number of hydrogen-bond acceptors (Lipinski definition) is 6. The van der Waals surface area contributed by atoms with E-state index in [0.29, 0.717) is 33.8 Å². The number of ether oxygens (including phenoxy) is 1. The minimum absolute atomic E-state index is 0.256. The lowest BCUT2D eigenvalue weighted by Gasteiger charge is -2.28. The molecular weight excluding hydrogens is 452 g/mol. The van der Waals surface area contributed by atoms with E-state index in [0.717, 1.165) is 16.9 Å². The molecule has 2 aromatic heterocycles. The molecule has 1 aliphatic heterocycles. The predicted molar refractivity (Wildman–Crippen MR) is 131 cm³/mol. The van der Waals surface area contributed by atoms with E-state index in [9.17, 15) is 4.79 Å². The number of carbonyl (C=O) groups is 1. The lowest BCUT2D eigenvalue weighted by molar-refractivity contribution is -0.113. The van der Waals surface area contributed by atoms with E-state index in [1.807, 2.05) is 43.3 Å². The van der Waals surface area contributed by atoms with Crippen LogP contribution in [0, 0.1) is 0 Å². The van der Waals surface area contributed by atoms with E-state index in [1.165, 1.54) is 0 Å². The van der Waals surface area contributed by atoms with Gasteiger partial charge in [-0.15, -0.1) is 5.10 Å². The van der Waals surface area contributed by atoms with Gasteiger partial charge in [-0.3, -0.25) is 9.78 Å². The zero-order chi connectivity index (χ0) is 23.7. The molecule has 0 aliphatic carbocycles. The summed E-state index contributed by atoms with van der Waals surface area (Å²) in [5.41, 5.74) is 3.50. The van der Waals surface area contributed by atoms with E-state index in [2.05, 4.69) is 20.6 Å². The summed E-state index contributed by atoms with van der Waals surface area (Å²) < 4.78 is 7.05. The molecule has 0 saturated heterocycles. The molecule has 0 bridgehead atoms. The van der Waals surface area contributed by atoms with E-state index in [-0.39, 0.29) is 5.91 Å². The number of benzene rings is 2. The highest BCUT2D eigenvalue weighted by molar-refractivity contribution is 6.30. The quantitative estimate of drug-likeness (QED) is 0.427. The summed E-state index contributed by atoms with van der Waals surface area (Å²) in [6.07, 6.45) is 3.26. The Morgan fingerprint density at radius 1 is 1.12 bits per heavy atom. The van der Waals surface area contributed by atoms with Crippen molar-refractivity contribution in [2.24, 2.45) is 0 Å². The Kier molecular flexibility index (Phi) is 5.73. The molecule has 170 valence electrons. The summed E-state index contributed by atoms with van der Waals surface area (Å²) >= 11 is 6.04. The van der Waals surface area contributed by atoms with Crippen molar-refractivity contribution < 1.29 is 9.53 Å². The number of nitrogens with one attached hydrogen (secondary N) is 2. The van der Waals surface area contributed by atoms with Gasteiger partial charge in [-0.05, 0) is 61.0 Å². The molecule has 1 amide bonds. The van der Waals surface area contributed by atoms with Gasteiger partial charge < -0.3 is 15.4 Å². The number of pyridine rings is 1. The summed E-state index contributed by atoms with van der Waals surface area (Å²) in [6.45, 7) is 1.86. The van der Waals surface area contributed by atoms with E-state index in [1.54, 1.807) is 48.5 Å². The Bertz CT molecular complexity index is 1370. The number of rotatable bonds is 5. The summed E-state index contributed by atoms with van der Waals surface area (Å²) in [5, 5.41) is 11.6. The van der Waals surface area contributed by atoms with E-state index in [4.69, 9.17) is 21.4 Å². The molecule has 2 aromatic carbocycles. The zero-order valence-electron chi connectivity index (χ0n) is 18.5. The Balaban J connectivity index is 1.59. The molecule has 0 spiro atoms. The highest BCUT2D eigenvalue weighted by Gasteiger charge is 2.34. The van der Waals surface area contributed by atoms with Gasteiger partial charge >= 0.3 is 0 Å². The first-order chi connectivity index (χ1) is 16.5. The molecule has 2 N–H and O–H groups in total. The molecule has 4 aromatic rings. The van der Waals surface area contributed by atoms with Crippen molar-refractivity contribution in [3.8, 4) is 17.1 Å². The first kappa shape index (κ1) is 21.7. The van der Waals surface area contributed by atoms with Crippen LogP contribution in [-0.4, -0.2) is 32.8 Å². The number of hydrogen-bond donors (Lipinski definition) is 2. The Labute approximate surface area is 201 Å². The smallest absolute Gasteiger partial charge is 0.255 e. The van der Waals surface area contributed by atoms with Gasteiger partial charge in [0.05, 0.1) is 24.6 Å². The number of fused-ring (bicyclic) bond motifs is 1. The largest absolute Gasteiger partial charge is 0.497 e. The van der Waals surface area contributed by atoms with Gasteiger partial charge in [-0.25, -0.2) is 4.68 Å². The first-order valence-corrected chi connectivity index (χ1v) is 11.0. The predicted octanol–water partition coefficient (Wildman–Crippen LogP) is 4.93. The van der Waals surface area contributed by atoms with Crippen LogP contribution in [0.3, 0.4) is 0 Å². The van der Waals surface area contributed by atoms with Crippen molar-refractivity contribution in [1.82, 2.24) is 19.7 Å². The average molecular weight is 473 g/mol. The maximum absolute atomic E-state index is 13.5. The number of methoxy groups -OCH3 is 1. The van der Waals surface area contributed by atoms with Crippen LogP contribution in [-0.2, 0) is 4.79 Å². The maximum atomic E-state index is 13.5. The minimum atomic E-state index is -0.507. The second-order valence-electron chi connectivity index (χ2n) is 7.75. The lowest BCUT2D eigenvalue weighted by atomic mass is 9.95. The molecule has 1 aliphatic rings. The molecule has 1 atom stereocenters. The fraction of sp³-hybridized carbons (Fsp3) is 0.120. The van der Waals surface area contributed by atoms with Gasteiger partial charge in [-0.1, -0.05) is 23.7 Å². The molecule has 5 rings (SSSR count). The highest BCUT2D eigenvalue weighted by Crippen LogP contribution is 2.37. The van der Waals surface area contributed by atoms with Crippen LogP contribution in [0.2, 0.25) is 5.02 Å². The number of anilines is 2. The second kappa shape index (κ2) is 8.99. The van der Waals surface area contributed by atoms with E-state index < -0.39 is 6.04 Å². The molecule has 8 nitrogen and oxygen atoms in total. The number of aromatic nitrogens is 4. The number of halogens is 1. The topological polar surface area (TPSA) is 94.0 Å². The third-order valence-corrected chi connectivity index (χ3v) is 5.80. The van der Waals surface area contributed by atoms with Gasteiger partial charge in [0.15, 0.2) is 5.82 Å². The van der Waals surface area contributed by atoms with Crippen molar-refractivity contribution in [3.63, 3.8) is 0 Å². The Hall–Kier alpha value is -4.17. The second-order valence-corrected chi connectivity index (χ2v) is 8.18. The monoisotopic (exact) mass is 472 g/mol. The lowest BCUT2D eigenvalue weighted by Crippen LogP contribution is -2.31.